The van der Waals surface area contributed by atoms with Crippen molar-refractivity contribution < 1.29 is 13.2 Å². The van der Waals surface area contributed by atoms with Gasteiger partial charge in [0.25, 0.3) is 0 Å². The van der Waals surface area contributed by atoms with Gasteiger partial charge >= 0.3 is 0 Å². The highest BCUT2D eigenvalue weighted by Gasteiger charge is 2.13. The number of ether oxygens (including phenoxy) is 1. The monoisotopic (exact) mass is 335 g/mol. The van der Waals surface area contributed by atoms with Gasteiger partial charge in [-0.05, 0) is 44.0 Å². The van der Waals surface area contributed by atoms with E-state index >= 15 is 0 Å². The van der Waals surface area contributed by atoms with Gasteiger partial charge in [-0.1, -0.05) is 19.1 Å². The zero-order valence-electron chi connectivity index (χ0n) is 13.5. The maximum absolute atomic E-state index is 12.0. The van der Waals surface area contributed by atoms with E-state index in [0.29, 0.717) is 17.1 Å². The molecule has 124 valence electrons. The van der Waals surface area contributed by atoms with E-state index < -0.39 is 10.0 Å². The molecule has 0 aliphatic rings. The highest BCUT2D eigenvalue weighted by atomic mass is 32.2. The van der Waals surface area contributed by atoms with Crippen LogP contribution in [0.2, 0.25) is 0 Å². The average molecular weight is 335 g/mol. The summed E-state index contributed by atoms with van der Waals surface area (Å²) >= 11 is 0. The molecule has 0 aliphatic heterocycles. The molecule has 2 aromatic rings. The number of hydrogen-bond donors (Lipinski definition) is 1. The Bertz CT molecular complexity index is 738. The maximum atomic E-state index is 12.0. The average Bonchev–Trinajstić information content (AvgIpc) is 2.46. The van der Waals surface area contributed by atoms with Gasteiger partial charge in [0.1, 0.15) is 18.1 Å². The van der Waals surface area contributed by atoms with Gasteiger partial charge in [-0.15, -0.1) is 0 Å². The largest absolute Gasteiger partial charge is 0.492 e. The topological polar surface area (TPSA) is 81.2 Å². The Hall–Kier alpha value is -2.15. The molecule has 0 atom stereocenters. The van der Waals surface area contributed by atoms with E-state index in [2.05, 4.69) is 21.6 Å². The Kier molecular flexibility index (Phi) is 5.54. The number of anilines is 1. The molecule has 0 unspecified atom stereocenters. The summed E-state index contributed by atoms with van der Waals surface area (Å²) in [5.41, 5.74) is 2.63. The summed E-state index contributed by atoms with van der Waals surface area (Å²) in [5.74, 6) is 0.577. The highest BCUT2D eigenvalue weighted by Crippen LogP contribution is 2.13. The smallest absolute Gasteiger partial charge is 0.238 e. The van der Waals surface area contributed by atoms with Crippen molar-refractivity contribution in [3.8, 4) is 5.75 Å². The molecule has 1 aromatic heterocycles. The van der Waals surface area contributed by atoms with Gasteiger partial charge in [0, 0.05) is 11.4 Å². The van der Waals surface area contributed by atoms with Crippen LogP contribution >= 0.6 is 0 Å². The minimum atomic E-state index is -3.55. The highest BCUT2D eigenvalue weighted by molar-refractivity contribution is 7.92. The Morgan fingerprint density at radius 3 is 2.26 bits per heavy atom. The second kappa shape index (κ2) is 7.41. The van der Waals surface area contributed by atoms with Crippen LogP contribution in [0.1, 0.15) is 23.9 Å². The van der Waals surface area contributed by atoms with Crippen molar-refractivity contribution in [2.45, 2.75) is 27.2 Å². The summed E-state index contributed by atoms with van der Waals surface area (Å²) in [5, 5.41) is 0. The van der Waals surface area contributed by atoms with Crippen molar-refractivity contribution in [1.29, 1.82) is 0 Å². The number of rotatable bonds is 7. The van der Waals surface area contributed by atoms with Crippen LogP contribution in [0.15, 0.2) is 30.3 Å². The SMILES string of the molecule is CCc1ccc(OCCS(=O)(=O)Nc2nc(C)cc(C)n2)cc1. The van der Waals surface area contributed by atoms with Crippen LogP contribution in [0.5, 0.6) is 5.75 Å². The number of hydrogen-bond acceptors (Lipinski definition) is 5. The molecule has 0 spiro atoms. The van der Waals surface area contributed by atoms with Gasteiger partial charge in [-0.25, -0.2) is 18.4 Å². The molecule has 2 rings (SSSR count). The van der Waals surface area contributed by atoms with Gasteiger partial charge < -0.3 is 4.74 Å². The molecule has 0 amide bonds. The van der Waals surface area contributed by atoms with Crippen LogP contribution in [0, 0.1) is 13.8 Å². The van der Waals surface area contributed by atoms with Crippen LogP contribution in [0.3, 0.4) is 0 Å². The Labute approximate surface area is 137 Å². The first-order valence-corrected chi connectivity index (χ1v) is 9.08. The van der Waals surface area contributed by atoms with E-state index in [1.54, 1.807) is 19.9 Å². The third-order valence-electron chi connectivity index (χ3n) is 3.18. The minimum Gasteiger partial charge on any atom is -0.492 e. The minimum absolute atomic E-state index is 0.0611. The molecule has 0 saturated carbocycles. The Morgan fingerprint density at radius 2 is 1.70 bits per heavy atom. The first kappa shape index (κ1) is 17.2. The first-order valence-electron chi connectivity index (χ1n) is 7.42. The molecule has 0 fully saturated rings. The molecule has 0 saturated heterocycles. The van der Waals surface area contributed by atoms with Crippen LogP contribution in [-0.2, 0) is 16.4 Å². The first-order chi connectivity index (χ1) is 10.9. The fourth-order valence-electron chi connectivity index (χ4n) is 2.05. The Morgan fingerprint density at radius 1 is 1.09 bits per heavy atom. The van der Waals surface area contributed by atoms with E-state index in [9.17, 15) is 8.42 Å². The van der Waals surface area contributed by atoms with E-state index in [0.717, 1.165) is 6.42 Å². The molecule has 0 aliphatic carbocycles. The molecule has 1 aromatic carbocycles. The predicted molar refractivity (Wildman–Crippen MR) is 90.2 cm³/mol. The second-order valence-electron chi connectivity index (χ2n) is 5.24. The molecule has 23 heavy (non-hydrogen) atoms. The summed E-state index contributed by atoms with van der Waals surface area (Å²) < 4.78 is 31.9. The van der Waals surface area contributed by atoms with Crippen molar-refractivity contribution in [3.63, 3.8) is 0 Å². The van der Waals surface area contributed by atoms with Gasteiger partial charge in [0.15, 0.2) is 0 Å². The van der Waals surface area contributed by atoms with Gasteiger partial charge in [-0.3, -0.25) is 4.72 Å². The van der Waals surface area contributed by atoms with Crippen molar-refractivity contribution in [2.75, 3.05) is 17.1 Å². The molecule has 6 nitrogen and oxygen atoms in total. The third-order valence-corrected chi connectivity index (χ3v) is 4.38. The quantitative estimate of drug-likeness (QED) is 0.840. The van der Waals surface area contributed by atoms with Crippen molar-refractivity contribution in [3.05, 3.63) is 47.3 Å². The van der Waals surface area contributed by atoms with E-state index in [1.807, 2.05) is 24.3 Å². The summed E-state index contributed by atoms with van der Waals surface area (Å²) in [6.45, 7) is 5.71. The lowest BCUT2D eigenvalue weighted by Crippen LogP contribution is -2.22. The zero-order valence-corrected chi connectivity index (χ0v) is 14.4. The number of aromatic nitrogens is 2. The van der Waals surface area contributed by atoms with Gasteiger partial charge in [0.2, 0.25) is 16.0 Å². The van der Waals surface area contributed by atoms with Crippen molar-refractivity contribution in [2.24, 2.45) is 0 Å². The molecular weight excluding hydrogens is 314 g/mol. The zero-order chi connectivity index (χ0) is 16.9. The van der Waals surface area contributed by atoms with E-state index in [-0.39, 0.29) is 18.3 Å². The Balaban J connectivity index is 1.90. The molecular formula is C16H21N3O3S. The van der Waals surface area contributed by atoms with Crippen molar-refractivity contribution >= 4 is 16.0 Å². The van der Waals surface area contributed by atoms with Crippen LogP contribution in [-0.4, -0.2) is 30.7 Å². The molecule has 0 bridgehead atoms. The molecule has 0 radical (unpaired) electrons. The molecule has 1 heterocycles. The maximum Gasteiger partial charge on any atom is 0.238 e. The number of sulfonamides is 1. The third kappa shape index (κ3) is 5.52. The van der Waals surface area contributed by atoms with Crippen LogP contribution in [0.25, 0.3) is 0 Å². The normalized spacial score (nSPS) is 11.3. The lowest BCUT2D eigenvalue weighted by molar-refractivity contribution is 0.341. The lowest BCUT2D eigenvalue weighted by atomic mass is 10.2. The summed E-state index contributed by atoms with van der Waals surface area (Å²) in [4.78, 5) is 8.12. The fourth-order valence-corrected chi connectivity index (χ4v) is 2.83. The summed E-state index contributed by atoms with van der Waals surface area (Å²) in [7, 11) is -3.55. The van der Waals surface area contributed by atoms with Crippen LogP contribution < -0.4 is 9.46 Å². The lowest BCUT2D eigenvalue weighted by Gasteiger charge is -2.09. The number of nitrogens with one attached hydrogen (secondary N) is 1. The standard InChI is InChI=1S/C16H21N3O3S/c1-4-14-5-7-15(8-6-14)22-9-10-23(20,21)19-16-17-12(2)11-13(3)18-16/h5-8,11H,4,9-10H2,1-3H3,(H,17,18,19). The van der Waals surface area contributed by atoms with Crippen LogP contribution in [0.4, 0.5) is 5.95 Å². The van der Waals surface area contributed by atoms with E-state index in [4.69, 9.17) is 4.74 Å². The predicted octanol–water partition coefficient (Wildman–Crippen LogP) is 2.48. The fraction of sp³-hybridized carbons (Fsp3) is 0.375. The number of aryl methyl sites for hydroxylation is 3. The summed E-state index contributed by atoms with van der Waals surface area (Å²) in [6, 6.07) is 9.38. The van der Waals surface area contributed by atoms with Gasteiger partial charge in [-0.2, -0.15) is 0 Å². The van der Waals surface area contributed by atoms with E-state index in [1.165, 1.54) is 5.56 Å². The second-order valence-corrected chi connectivity index (χ2v) is 7.08. The summed E-state index contributed by atoms with van der Waals surface area (Å²) in [6.07, 6.45) is 0.953. The van der Waals surface area contributed by atoms with Gasteiger partial charge in [0.05, 0.1) is 0 Å². The molecule has 7 heteroatoms. The van der Waals surface area contributed by atoms with Crippen molar-refractivity contribution in [1.82, 2.24) is 9.97 Å². The number of benzene rings is 1. The molecule has 1 N–H and O–H groups in total. The number of nitrogens with zero attached hydrogens (tertiary/aromatic N) is 2.